The van der Waals surface area contributed by atoms with Crippen LogP contribution in [0, 0.1) is 0 Å². The van der Waals surface area contributed by atoms with Gasteiger partial charge in [-0.25, -0.2) is 4.79 Å². The minimum Gasteiger partial charge on any atom is -0.480 e. The summed E-state index contributed by atoms with van der Waals surface area (Å²) in [5.74, 6) is -0.836. The maximum Gasteiger partial charge on any atom is 0.326 e. The molecule has 1 amide bonds. The van der Waals surface area contributed by atoms with Crippen molar-refractivity contribution in [3.05, 3.63) is 33.3 Å². The molecule has 0 saturated carbocycles. The van der Waals surface area contributed by atoms with Crippen molar-refractivity contribution in [2.75, 3.05) is 12.0 Å². The molecule has 0 radical (unpaired) electrons. The third-order valence-electron chi connectivity index (χ3n) is 2.39. The lowest BCUT2D eigenvalue weighted by molar-refractivity contribution is -0.139. The SMILES string of the molecule is CSCC[C@@H](NC(=O)c1cc(Cl)ccc1Br)C(=O)O. The molecule has 0 saturated heterocycles. The summed E-state index contributed by atoms with van der Waals surface area (Å²) in [6.07, 6.45) is 2.26. The Labute approximate surface area is 129 Å². The Balaban J connectivity index is 2.81. The zero-order chi connectivity index (χ0) is 14.4. The van der Waals surface area contributed by atoms with Crippen molar-refractivity contribution in [2.24, 2.45) is 0 Å². The van der Waals surface area contributed by atoms with Crippen LogP contribution in [0.2, 0.25) is 5.02 Å². The topological polar surface area (TPSA) is 66.4 Å². The van der Waals surface area contributed by atoms with Gasteiger partial charge in [0.25, 0.3) is 5.91 Å². The molecule has 2 N–H and O–H groups in total. The van der Waals surface area contributed by atoms with E-state index in [-0.39, 0.29) is 0 Å². The average molecular weight is 367 g/mol. The Kier molecular flexibility index (Phi) is 6.68. The third-order valence-corrected chi connectivity index (χ3v) is 3.96. The van der Waals surface area contributed by atoms with Crippen molar-refractivity contribution in [3.63, 3.8) is 0 Å². The van der Waals surface area contributed by atoms with Gasteiger partial charge < -0.3 is 10.4 Å². The highest BCUT2D eigenvalue weighted by Crippen LogP contribution is 2.21. The molecule has 1 rings (SSSR count). The molecule has 7 heteroatoms. The van der Waals surface area contributed by atoms with Gasteiger partial charge in [-0.15, -0.1) is 0 Å². The van der Waals surface area contributed by atoms with E-state index in [1.165, 1.54) is 17.8 Å². The summed E-state index contributed by atoms with van der Waals surface area (Å²) in [5, 5.41) is 12.0. The molecule has 0 aromatic heterocycles. The standard InChI is InChI=1S/C12H13BrClNO3S/c1-19-5-4-10(12(17)18)15-11(16)8-6-7(14)2-3-9(8)13/h2-3,6,10H,4-5H2,1H3,(H,15,16)(H,17,18)/t10-/m1/s1. The van der Waals surface area contributed by atoms with Gasteiger partial charge in [0.15, 0.2) is 0 Å². The van der Waals surface area contributed by atoms with Gasteiger partial charge in [0.2, 0.25) is 0 Å². The predicted molar refractivity (Wildman–Crippen MR) is 81.0 cm³/mol. The number of carboxylic acid groups (broad SMARTS) is 1. The lowest BCUT2D eigenvalue weighted by atomic mass is 10.1. The molecule has 4 nitrogen and oxygen atoms in total. The number of halogens is 2. The summed E-state index contributed by atoms with van der Waals surface area (Å²) < 4.78 is 0.573. The quantitative estimate of drug-likeness (QED) is 0.812. The van der Waals surface area contributed by atoms with E-state index in [1.807, 2.05) is 6.26 Å². The van der Waals surface area contributed by atoms with Crippen molar-refractivity contribution >= 4 is 51.2 Å². The van der Waals surface area contributed by atoms with Crippen molar-refractivity contribution < 1.29 is 14.7 Å². The van der Waals surface area contributed by atoms with Crippen LogP contribution in [-0.4, -0.2) is 35.0 Å². The van der Waals surface area contributed by atoms with Crippen LogP contribution in [0.1, 0.15) is 16.8 Å². The second kappa shape index (κ2) is 7.77. The molecular weight excluding hydrogens is 354 g/mol. The van der Waals surface area contributed by atoms with Gasteiger partial charge >= 0.3 is 5.97 Å². The van der Waals surface area contributed by atoms with E-state index in [2.05, 4.69) is 21.2 Å². The van der Waals surface area contributed by atoms with Crippen molar-refractivity contribution in [1.29, 1.82) is 0 Å². The second-order valence-corrected chi connectivity index (χ2v) is 6.05. The zero-order valence-corrected chi connectivity index (χ0v) is 13.3. The maximum absolute atomic E-state index is 12.0. The molecule has 0 spiro atoms. The highest BCUT2D eigenvalue weighted by molar-refractivity contribution is 9.10. The first-order chi connectivity index (χ1) is 8.95. The van der Waals surface area contributed by atoms with Gasteiger partial charge in [-0.2, -0.15) is 11.8 Å². The molecule has 19 heavy (non-hydrogen) atoms. The average Bonchev–Trinajstić information content (AvgIpc) is 2.36. The Bertz CT molecular complexity index is 484. The number of rotatable bonds is 6. The number of carbonyl (C=O) groups is 2. The number of benzene rings is 1. The van der Waals surface area contributed by atoms with Crippen molar-refractivity contribution in [3.8, 4) is 0 Å². The van der Waals surface area contributed by atoms with E-state index in [9.17, 15) is 9.59 Å². The molecule has 0 aliphatic heterocycles. The van der Waals surface area contributed by atoms with E-state index in [0.29, 0.717) is 27.2 Å². The molecule has 0 aliphatic carbocycles. The lowest BCUT2D eigenvalue weighted by Crippen LogP contribution is -2.41. The van der Waals surface area contributed by atoms with Crippen LogP contribution in [-0.2, 0) is 4.79 Å². The molecule has 0 bridgehead atoms. The fourth-order valence-electron chi connectivity index (χ4n) is 1.40. The number of hydrogen-bond acceptors (Lipinski definition) is 3. The molecule has 1 aromatic rings. The van der Waals surface area contributed by atoms with Crippen LogP contribution in [0.15, 0.2) is 22.7 Å². The van der Waals surface area contributed by atoms with Gasteiger partial charge in [-0.3, -0.25) is 4.79 Å². The monoisotopic (exact) mass is 365 g/mol. The van der Waals surface area contributed by atoms with Crippen LogP contribution in [0.4, 0.5) is 0 Å². The van der Waals surface area contributed by atoms with E-state index in [4.69, 9.17) is 16.7 Å². The number of hydrogen-bond donors (Lipinski definition) is 2. The van der Waals surface area contributed by atoms with Crippen LogP contribution in [0.5, 0.6) is 0 Å². The molecule has 1 atom stereocenters. The van der Waals surface area contributed by atoms with Crippen LogP contribution < -0.4 is 5.32 Å². The van der Waals surface area contributed by atoms with Crippen LogP contribution >= 0.6 is 39.3 Å². The molecule has 104 valence electrons. The van der Waals surface area contributed by atoms with E-state index < -0.39 is 17.9 Å². The number of thioether (sulfide) groups is 1. The Hall–Kier alpha value is -0.720. The fourth-order valence-corrected chi connectivity index (χ4v) is 2.47. The summed E-state index contributed by atoms with van der Waals surface area (Å²) in [6.45, 7) is 0. The Morgan fingerprint density at radius 2 is 2.21 bits per heavy atom. The largest absolute Gasteiger partial charge is 0.480 e. The Morgan fingerprint density at radius 3 is 2.79 bits per heavy atom. The van der Waals surface area contributed by atoms with E-state index >= 15 is 0 Å². The molecule has 1 aromatic carbocycles. The fraction of sp³-hybridized carbons (Fsp3) is 0.333. The highest BCUT2D eigenvalue weighted by Gasteiger charge is 2.21. The van der Waals surface area contributed by atoms with Gasteiger partial charge in [-0.05, 0) is 52.6 Å². The molecule has 0 heterocycles. The second-order valence-electron chi connectivity index (χ2n) is 3.77. The number of carboxylic acids is 1. The van der Waals surface area contributed by atoms with Gasteiger partial charge in [0.1, 0.15) is 6.04 Å². The van der Waals surface area contributed by atoms with Crippen LogP contribution in [0.3, 0.4) is 0 Å². The Morgan fingerprint density at radius 1 is 1.53 bits per heavy atom. The lowest BCUT2D eigenvalue weighted by Gasteiger charge is -2.14. The molecule has 0 aliphatic rings. The third kappa shape index (κ3) is 5.04. The number of carbonyl (C=O) groups excluding carboxylic acids is 1. The molecule has 0 unspecified atom stereocenters. The normalized spacial score (nSPS) is 11.9. The van der Waals surface area contributed by atoms with E-state index in [0.717, 1.165) is 0 Å². The van der Waals surface area contributed by atoms with E-state index in [1.54, 1.807) is 12.1 Å². The van der Waals surface area contributed by atoms with Gasteiger partial charge in [0, 0.05) is 9.50 Å². The number of aliphatic carboxylic acids is 1. The molecular formula is C12H13BrClNO3S. The highest BCUT2D eigenvalue weighted by atomic mass is 79.9. The minimum atomic E-state index is -1.04. The first-order valence-electron chi connectivity index (χ1n) is 5.43. The van der Waals surface area contributed by atoms with Crippen molar-refractivity contribution in [2.45, 2.75) is 12.5 Å². The zero-order valence-electron chi connectivity index (χ0n) is 10.2. The summed E-state index contributed by atoms with van der Waals surface area (Å²) in [6, 6.07) is 3.89. The minimum absolute atomic E-state index is 0.322. The smallest absolute Gasteiger partial charge is 0.326 e. The van der Waals surface area contributed by atoms with Gasteiger partial charge in [0.05, 0.1) is 5.56 Å². The maximum atomic E-state index is 12.0. The summed E-state index contributed by atoms with van der Waals surface area (Å²) in [4.78, 5) is 23.1. The van der Waals surface area contributed by atoms with Gasteiger partial charge in [-0.1, -0.05) is 11.6 Å². The first-order valence-corrected chi connectivity index (χ1v) is 8.00. The number of amides is 1. The summed E-state index contributed by atoms with van der Waals surface area (Å²) in [7, 11) is 0. The first kappa shape index (κ1) is 16.3. The number of nitrogens with one attached hydrogen (secondary N) is 1. The molecule has 0 fully saturated rings. The van der Waals surface area contributed by atoms with Crippen molar-refractivity contribution in [1.82, 2.24) is 5.32 Å². The summed E-state index contributed by atoms with van der Waals surface area (Å²) >= 11 is 10.6. The predicted octanol–water partition coefficient (Wildman–Crippen LogP) is 3.04. The summed E-state index contributed by atoms with van der Waals surface area (Å²) in [5.41, 5.74) is 0.322. The van der Waals surface area contributed by atoms with Crippen LogP contribution in [0.25, 0.3) is 0 Å².